The van der Waals surface area contributed by atoms with Gasteiger partial charge in [0, 0.05) is 11.6 Å². The average molecular weight is 409 g/mol. The highest BCUT2D eigenvalue weighted by molar-refractivity contribution is 6.30. The summed E-state index contributed by atoms with van der Waals surface area (Å²) < 4.78 is 5.64. The minimum atomic E-state index is -0.753. The highest BCUT2D eigenvalue weighted by atomic mass is 35.5. The molecule has 0 aliphatic heterocycles. The molecule has 3 aromatic carbocycles. The van der Waals surface area contributed by atoms with Crippen LogP contribution in [0.15, 0.2) is 78.9 Å². The van der Waals surface area contributed by atoms with Gasteiger partial charge in [-0.3, -0.25) is 9.59 Å². The Hall–Kier alpha value is -3.31. The van der Waals surface area contributed by atoms with Crippen LogP contribution in [0, 0.1) is 0 Å². The van der Waals surface area contributed by atoms with Gasteiger partial charge >= 0.3 is 0 Å². The van der Waals surface area contributed by atoms with Crippen LogP contribution in [0.4, 0.5) is 5.69 Å². The van der Waals surface area contributed by atoms with Crippen molar-refractivity contribution in [3.63, 3.8) is 0 Å². The molecule has 0 radical (unpaired) electrons. The molecule has 5 nitrogen and oxygen atoms in total. The van der Waals surface area contributed by atoms with Crippen LogP contribution in [0.25, 0.3) is 0 Å². The molecule has 0 fully saturated rings. The van der Waals surface area contributed by atoms with Crippen LogP contribution in [0.5, 0.6) is 5.75 Å². The summed E-state index contributed by atoms with van der Waals surface area (Å²) in [5.41, 5.74) is 1.80. The van der Waals surface area contributed by atoms with Gasteiger partial charge < -0.3 is 15.4 Å². The first-order chi connectivity index (χ1) is 14.0. The topological polar surface area (TPSA) is 67.4 Å². The van der Waals surface area contributed by atoms with Gasteiger partial charge in [0.2, 0.25) is 0 Å². The lowest BCUT2D eigenvalue weighted by Gasteiger charge is -2.16. The Morgan fingerprint density at radius 1 is 0.931 bits per heavy atom. The minimum Gasteiger partial charge on any atom is -0.481 e. The summed E-state index contributed by atoms with van der Waals surface area (Å²) in [4.78, 5) is 25.2. The van der Waals surface area contributed by atoms with Crippen molar-refractivity contribution in [3.05, 3.63) is 95.0 Å². The molecule has 2 amide bonds. The second kappa shape index (κ2) is 9.75. The zero-order chi connectivity index (χ0) is 20.6. The maximum atomic E-state index is 12.6. The van der Waals surface area contributed by atoms with Crippen molar-refractivity contribution in [2.75, 3.05) is 5.32 Å². The molecule has 0 heterocycles. The summed E-state index contributed by atoms with van der Waals surface area (Å²) in [6.45, 7) is 2.04. The van der Waals surface area contributed by atoms with Crippen LogP contribution in [-0.4, -0.2) is 17.9 Å². The molecule has 6 heteroatoms. The number of para-hydroxylation sites is 1. The molecular weight excluding hydrogens is 388 g/mol. The number of nitrogens with one attached hydrogen (secondary N) is 2. The first kappa shape index (κ1) is 20.4. The standard InChI is InChI=1S/C23H21ClN2O3/c1-16(29-19-13-11-18(24)12-14-19)22(27)26-21-10-6-5-9-20(21)23(28)25-15-17-7-3-2-4-8-17/h2-14,16H,15H2,1H3,(H,25,28)(H,26,27)/t16-/m0/s1. The second-order valence-corrected chi connectivity index (χ2v) is 6.85. The molecule has 0 aliphatic rings. The van der Waals surface area contributed by atoms with E-state index in [4.69, 9.17) is 16.3 Å². The van der Waals surface area contributed by atoms with Crippen LogP contribution in [0.2, 0.25) is 5.02 Å². The van der Waals surface area contributed by atoms with E-state index < -0.39 is 6.10 Å². The van der Waals surface area contributed by atoms with Gasteiger partial charge in [-0.2, -0.15) is 0 Å². The van der Waals surface area contributed by atoms with Gasteiger partial charge in [0.1, 0.15) is 5.75 Å². The van der Waals surface area contributed by atoms with Crippen molar-refractivity contribution < 1.29 is 14.3 Å². The molecule has 3 rings (SSSR count). The number of rotatable bonds is 7. The van der Waals surface area contributed by atoms with E-state index >= 15 is 0 Å². The molecule has 0 bridgehead atoms. The van der Waals surface area contributed by atoms with Crippen molar-refractivity contribution in [3.8, 4) is 5.75 Å². The molecule has 0 aliphatic carbocycles. The number of amides is 2. The Balaban J connectivity index is 1.63. The Kier molecular flexibility index (Phi) is 6.87. The predicted molar refractivity (Wildman–Crippen MR) is 114 cm³/mol. The molecule has 0 saturated heterocycles. The number of carbonyl (C=O) groups excluding carboxylic acids is 2. The largest absolute Gasteiger partial charge is 0.481 e. The third-order valence-electron chi connectivity index (χ3n) is 4.22. The zero-order valence-electron chi connectivity index (χ0n) is 15.9. The van der Waals surface area contributed by atoms with E-state index in [0.717, 1.165) is 5.56 Å². The van der Waals surface area contributed by atoms with Crippen molar-refractivity contribution in [2.45, 2.75) is 19.6 Å². The summed E-state index contributed by atoms with van der Waals surface area (Å²) in [6.07, 6.45) is -0.753. The first-order valence-corrected chi connectivity index (χ1v) is 9.55. The summed E-state index contributed by atoms with van der Waals surface area (Å²) in [5.74, 6) is -0.0924. The average Bonchev–Trinajstić information content (AvgIpc) is 2.74. The van der Waals surface area contributed by atoms with Gasteiger partial charge in [-0.1, -0.05) is 54.1 Å². The molecule has 3 aromatic rings. The third kappa shape index (κ3) is 5.83. The Morgan fingerprint density at radius 2 is 1.59 bits per heavy atom. The Bertz CT molecular complexity index is 975. The first-order valence-electron chi connectivity index (χ1n) is 9.17. The number of hydrogen-bond acceptors (Lipinski definition) is 3. The highest BCUT2D eigenvalue weighted by Crippen LogP contribution is 2.19. The maximum Gasteiger partial charge on any atom is 0.265 e. The molecule has 0 spiro atoms. The number of hydrogen-bond donors (Lipinski definition) is 2. The number of halogens is 1. The summed E-state index contributed by atoms with van der Waals surface area (Å²) in [7, 11) is 0. The fraction of sp³-hybridized carbons (Fsp3) is 0.130. The third-order valence-corrected chi connectivity index (χ3v) is 4.47. The maximum absolute atomic E-state index is 12.6. The lowest BCUT2D eigenvalue weighted by Crippen LogP contribution is -2.31. The van der Waals surface area contributed by atoms with Gasteiger partial charge in [-0.15, -0.1) is 0 Å². The molecular formula is C23H21ClN2O3. The normalized spacial score (nSPS) is 11.4. The van der Waals surface area contributed by atoms with Crippen LogP contribution < -0.4 is 15.4 Å². The van der Waals surface area contributed by atoms with E-state index in [1.54, 1.807) is 55.5 Å². The van der Waals surface area contributed by atoms with E-state index in [-0.39, 0.29) is 11.8 Å². The van der Waals surface area contributed by atoms with Gasteiger partial charge in [-0.25, -0.2) is 0 Å². The number of benzene rings is 3. The highest BCUT2D eigenvalue weighted by Gasteiger charge is 2.18. The van der Waals surface area contributed by atoms with E-state index in [9.17, 15) is 9.59 Å². The summed E-state index contributed by atoms with van der Waals surface area (Å²) >= 11 is 5.86. The molecule has 1 atom stereocenters. The molecule has 0 aromatic heterocycles. The quantitative estimate of drug-likeness (QED) is 0.596. The summed E-state index contributed by atoms with van der Waals surface area (Å²) in [6, 6.07) is 23.2. The molecule has 29 heavy (non-hydrogen) atoms. The van der Waals surface area contributed by atoms with Crippen molar-refractivity contribution in [2.24, 2.45) is 0 Å². The monoisotopic (exact) mass is 408 g/mol. The predicted octanol–water partition coefficient (Wildman–Crippen LogP) is 4.68. The van der Waals surface area contributed by atoms with Crippen LogP contribution >= 0.6 is 11.6 Å². The van der Waals surface area contributed by atoms with Gasteiger partial charge in [-0.05, 0) is 48.9 Å². The van der Waals surface area contributed by atoms with E-state index in [1.165, 1.54) is 0 Å². The Morgan fingerprint density at radius 3 is 2.31 bits per heavy atom. The van der Waals surface area contributed by atoms with Crippen LogP contribution in [-0.2, 0) is 11.3 Å². The molecule has 0 saturated carbocycles. The number of ether oxygens (including phenoxy) is 1. The fourth-order valence-corrected chi connectivity index (χ4v) is 2.79. The lowest BCUT2D eigenvalue weighted by molar-refractivity contribution is -0.122. The van der Waals surface area contributed by atoms with E-state index in [1.807, 2.05) is 30.3 Å². The van der Waals surface area contributed by atoms with Crippen LogP contribution in [0.1, 0.15) is 22.8 Å². The molecule has 0 unspecified atom stereocenters. The van der Waals surface area contributed by atoms with Crippen molar-refractivity contribution >= 4 is 29.1 Å². The lowest BCUT2D eigenvalue weighted by atomic mass is 10.1. The Labute approximate surface area is 174 Å². The second-order valence-electron chi connectivity index (χ2n) is 6.42. The van der Waals surface area contributed by atoms with Gasteiger partial charge in [0.15, 0.2) is 6.10 Å². The summed E-state index contributed by atoms with van der Waals surface area (Å²) in [5, 5.41) is 6.23. The smallest absolute Gasteiger partial charge is 0.265 e. The number of carbonyl (C=O) groups is 2. The van der Waals surface area contributed by atoms with Crippen LogP contribution in [0.3, 0.4) is 0 Å². The van der Waals surface area contributed by atoms with Gasteiger partial charge in [0.05, 0.1) is 11.3 Å². The number of anilines is 1. The van der Waals surface area contributed by atoms with Gasteiger partial charge in [0.25, 0.3) is 11.8 Å². The van der Waals surface area contributed by atoms with Crippen molar-refractivity contribution in [1.29, 1.82) is 0 Å². The van der Waals surface area contributed by atoms with Crippen molar-refractivity contribution in [1.82, 2.24) is 5.32 Å². The zero-order valence-corrected chi connectivity index (χ0v) is 16.6. The SMILES string of the molecule is C[C@H](Oc1ccc(Cl)cc1)C(=O)Nc1ccccc1C(=O)NCc1ccccc1. The molecule has 148 valence electrons. The minimum absolute atomic E-state index is 0.268. The van der Waals surface area contributed by atoms with E-state index in [0.29, 0.717) is 28.6 Å². The molecule has 2 N–H and O–H groups in total. The fourth-order valence-electron chi connectivity index (χ4n) is 2.67. The van der Waals surface area contributed by atoms with E-state index in [2.05, 4.69) is 10.6 Å².